The number of benzene rings is 2. The zero-order valence-electron chi connectivity index (χ0n) is 20.0. The van der Waals surface area contributed by atoms with E-state index in [-0.39, 0.29) is 5.91 Å². The molecule has 178 valence electrons. The van der Waals surface area contributed by atoms with Gasteiger partial charge in [-0.3, -0.25) is 4.79 Å². The number of para-hydroxylation sites is 1. The van der Waals surface area contributed by atoms with Crippen molar-refractivity contribution >= 4 is 17.4 Å². The van der Waals surface area contributed by atoms with E-state index in [1.54, 1.807) is 12.5 Å². The normalized spacial score (nSPS) is 15.7. The highest BCUT2D eigenvalue weighted by Crippen LogP contribution is 2.24. The smallest absolute Gasteiger partial charge is 0.253 e. The van der Waals surface area contributed by atoms with E-state index in [1.807, 2.05) is 76.1 Å². The van der Waals surface area contributed by atoms with Gasteiger partial charge in [0.25, 0.3) is 5.91 Å². The van der Waals surface area contributed by atoms with Crippen molar-refractivity contribution in [3.63, 3.8) is 0 Å². The maximum atomic E-state index is 13.3. The van der Waals surface area contributed by atoms with Gasteiger partial charge in [-0.25, -0.2) is 4.98 Å². The van der Waals surface area contributed by atoms with Crippen LogP contribution in [0.15, 0.2) is 85.5 Å². The third-order valence-corrected chi connectivity index (χ3v) is 6.60. The van der Waals surface area contributed by atoms with E-state index in [1.165, 1.54) is 0 Å². The van der Waals surface area contributed by atoms with Crippen molar-refractivity contribution < 1.29 is 4.79 Å². The number of hydrogen-bond donors (Lipinski definition) is 0. The number of piperidine rings is 1. The molecule has 0 spiro atoms. The lowest BCUT2D eigenvalue weighted by atomic mass is 9.92. The summed E-state index contributed by atoms with van der Waals surface area (Å²) < 4.78 is 2.00. The second-order valence-electron chi connectivity index (χ2n) is 9.18. The van der Waals surface area contributed by atoms with E-state index in [0.29, 0.717) is 12.5 Å². The molecular weight excluding hydrogens is 436 g/mol. The molecule has 35 heavy (non-hydrogen) atoms. The van der Waals surface area contributed by atoms with Crippen LogP contribution in [0.1, 0.15) is 34.5 Å². The summed E-state index contributed by atoms with van der Waals surface area (Å²) >= 11 is 0. The van der Waals surface area contributed by atoms with Crippen LogP contribution in [0.3, 0.4) is 0 Å². The van der Waals surface area contributed by atoms with Gasteiger partial charge in [0.05, 0.1) is 12.0 Å². The zero-order chi connectivity index (χ0) is 24.0. The molecule has 5 rings (SSSR count). The van der Waals surface area contributed by atoms with Crippen molar-refractivity contribution in [1.29, 1.82) is 0 Å². The van der Waals surface area contributed by atoms with Crippen molar-refractivity contribution in [3.05, 3.63) is 102 Å². The Labute approximate surface area is 206 Å². The third-order valence-electron chi connectivity index (χ3n) is 6.60. The molecule has 2 aromatic heterocycles. The fraction of sp³-hybridized carbons (Fsp3) is 0.286. The Morgan fingerprint density at radius 2 is 1.94 bits per heavy atom. The van der Waals surface area contributed by atoms with Crippen LogP contribution in [0.4, 0.5) is 11.5 Å². The molecule has 1 fully saturated rings. The van der Waals surface area contributed by atoms with Crippen LogP contribution in [-0.4, -0.2) is 50.7 Å². The molecule has 1 saturated heterocycles. The first-order valence-corrected chi connectivity index (χ1v) is 12.1. The quantitative estimate of drug-likeness (QED) is 0.399. The molecule has 0 radical (unpaired) electrons. The van der Waals surface area contributed by atoms with Gasteiger partial charge in [-0.05, 0) is 67.1 Å². The van der Waals surface area contributed by atoms with Crippen molar-refractivity contribution in [2.45, 2.75) is 25.8 Å². The maximum Gasteiger partial charge on any atom is 0.253 e. The van der Waals surface area contributed by atoms with Crippen molar-refractivity contribution in [2.24, 2.45) is 5.92 Å². The van der Waals surface area contributed by atoms with Crippen LogP contribution >= 0.6 is 0 Å². The maximum absolute atomic E-state index is 13.3. The molecule has 0 saturated carbocycles. The van der Waals surface area contributed by atoms with E-state index in [2.05, 4.69) is 33.4 Å². The minimum atomic E-state index is 0.105. The number of hydrogen-bond acceptors (Lipinski definition) is 5. The van der Waals surface area contributed by atoms with E-state index in [9.17, 15) is 4.79 Å². The van der Waals surface area contributed by atoms with Crippen molar-refractivity contribution in [3.8, 4) is 0 Å². The molecule has 0 bridgehead atoms. The van der Waals surface area contributed by atoms with Crippen LogP contribution in [0.5, 0.6) is 0 Å². The number of amides is 1. The Balaban J connectivity index is 1.20. The van der Waals surface area contributed by atoms with Gasteiger partial charge in [0, 0.05) is 50.3 Å². The number of anilines is 2. The lowest BCUT2D eigenvalue weighted by Crippen LogP contribution is -2.40. The summed E-state index contributed by atoms with van der Waals surface area (Å²) in [6, 6.07) is 22.1. The van der Waals surface area contributed by atoms with Gasteiger partial charge in [-0.15, -0.1) is 5.10 Å². The largest absolute Gasteiger partial charge is 0.338 e. The predicted octanol–water partition coefficient (Wildman–Crippen LogP) is 4.58. The number of imidazole rings is 1. The number of likely N-dealkylation sites (tertiary alicyclic amines) is 1. The van der Waals surface area contributed by atoms with Gasteiger partial charge in [-0.2, -0.15) is 5.10 Å². The second-order valence-corrected chi connectivity index (χ2v) is 9.18. The number of carbonyl (C=O) groups excluding carboxylic acids is 1. The molecule has 0 N–H and O–H groups in total. The van der Waals surface area contributed by atoms with Crippen molar-refractivity contribution in [2.75, 3.05) is 25.0 Å². The Bertz CT molecular complexity index is 1240. The summed E-state index contributed by atoms with van der Waals surface area (Å²) in [5.74, 6) is 1.30. The Morgan fingerprint density at radius 3 is 2.71 bits per heavy atom. The second kappa shape index (κ2) is 10.5. The summed E-state index contributed by atoms with van der Waals surface area (Å²) in [7, 11) is 1.99. The van der Waals surface area contributed by atoms with Crippen LogP contribution < -0.4 is 4.90 Å². The molecule has 1 aliphatic rings. The van der Waals surface area contributed by atoms with Crippen LogP contribution in [0, 0.1) is 5.92 Å². The SMILES string of the molecule is CN(c1ccccc1)c1ccc(CC2CCCN(C(=O)c3cccc(Cn4ccnc4)c3)C2)nn1. The van der Waals surface area contributed by atoms with Gasteiger partial charge >= 0.3 is 0 Å². The minimum absolute atomic E-state index is 0.105. The highest BCUT2D eigenvalue weighted by Gasteiger charge is 2.25. The third kappa shape index (κ3) is 5.57. The molecule has 1 unspecified atom stereocenters. The van der Waals surface area contributed by atoms with Crippen LogP contribution in [-0.2, 0) is 13.0 Å². The molecular formula is C28H30N6O. The zero-order valence-corrected chi connectivity index (χ0v) is 20.0. The summed E-state index contributed by atoms with van der Waals surface area (Å²) in [5, 5.41) is 8.94. The van der Waals surface area contributed by atoms with Gasteiger partial charge in [0.2, 0.25) is 0 Å². The molecule has 7 nitrogen and oxygen atoms in total. The van der Waals surface area contributed by atoms with Gasteiger partial charge in [0.1, 0.15) is 0 Å². The fourth-order valence-electron chi connectivity index (χ4n) is 4.71. The molecule has 3 heterocycles. The standard InChI is InChI=1S/C28H30N6O/c1-32(26-10-3-2-4-11-26)27-13-12-25(30-31-27)18-23-8-6-15-34(20-23)28(35)24-9-5-7-22(17-24)19-33-16-14-29-21-33/h2-5,7,9-14,16-17,21,23H,6,8,15,18-20H2,1H3. The minimum Gasteiger partial charge on any atom is -0.338 e. The Kier molecular flexibility index (Phi) is 6.84. The summed E-state index contributed by atoms with van der Waals surface area (Å²) in [4.78, 5) is 21.4. The Hall–Kier alpha value is -4.00. The first kappa shape index (κ1) is 22.8. The first-order chi connectivity index (χ1) is 17.2. The summed E-state index contributed by atoms with van der Waals surface area (Å²) in [5.41, 5.74) is 3.89. The van der Waals surface area contributed by atoms with E-state index in [0.717, 1.165) is 60.7 Å². The molecule has 1 atom stereocenters. The predicted molar refractivity (Wildman–Crippen MR) is 137 cm³/mol. The lowest BCUT2D eigenvalue weighted by Gasteiger charge is -2.33. The highest BCUT2D eigenvalue weighted by molar-refractivity contribution is 5.94. The summed E-state index contributed by atoms with van der Waals surface area (Å²) in [6.07, 6.45) is 8.41. The lowest BCUT2D eigenvalue weighted by molar-refractivity contribution is 0.0672. The topological polar surface area (TPSA) is 67.2 Å². The molecule has 7 heteroatoms. The number of nitrogens with zero attached hydrogens (tertiary/aromatic N) is 6. The molecule has 0 aliphatic carbocycles. The van der Waals surface area contributed by atoms with E-state index >= 15 is 0 Å². The van der Waals surface area contributed by atoms with E-state index < -0.39 is 0 Å². The highest BCUT2D eigenvalue weighted by atomic mass is 16.2. The van der Waals surface area contributed by atoms with Crippen LogP contribution in [0.25, 0.3) is 0 Å². The Morgan fingerprint density at radius 1 is 1.06 bits per heavy atom. The molecule has 4 aromatic rings. The molecule has 1 amide bonds. The monoisotopic (exact) mass is 466 g/mol. The van der Waals surface area contributed by atoms with Gasteiger partial charge < -0.3 is 14.4 Å². The van der Waals surface area contributed by atoms with Crippen molar-refractivity contribution in [1.82, 2.24) is 24.6 Å². The van der Waals surface area contributed by atoms with E-state index in [4.69, 9.17) is 0 Å². The fourth-order valence-corrected chi connectivity index (χ4v) is 4.71. The molecule has 1 aliphatic heterocycles. The number of rotatable bonds is 7. The average Bonchev–Trinajstić information content (AvgIpc) is 3.42. The average molecular weight is 467 g/mol. The van der Waals surface area contributed by atoms with Gasteiger partial charge in [-0.1, -0.05) is 30.3 Å². The molecule has 2 aromatic carbocycles. The van der Waals surface area contributed by atoms with Crippen LogP contribution in [0.2, 0.25) is 0 Å². The summed E-state index contributed by atoms with van der Waals surface area (Å²) in [6.45, 7) is 2.25. The number of aromatic nitrogens is 4. The first-order valence-electron chi connectivity index (χ1n) is 12.1. The number of carbonyl (C=O) groups is 1. The van der Waals surface area contributed by atoms with Gasteiger partial charge in [0.15, 0.2) is 5.82 Å².